The molecule has 8 heteroatoms. The lowest BCUT2D eigenvalue weighted by Crippen LogP contribution is -2.30. The van der Waals surface area contributed by atoms with Crippen LogP contribution in [0.4, 0.5) is 11.4 Å². The van der Waals surface area contributed by atoms with Crippen LogP contribution in [-0.4, -0.2) is 28.9 Å². The van der Waals surface area contributed by atoms with Gasteiger partial charge in [-0.15, -0.1) is 0 Å². The highest BCUT2D eigenvalue weighted by atomic mass is 16.5. The minimum Gasteiger partial charge on any atom is -0.448 e. The first kappa shape index (κ1) is 19.8. The Labute approximate surface area is 165 Å². The summed E-state index contributed by atoms with van der Waals surface area (Å²) >= 11 is 0. The number of anilines is 2. The highest BCUT2D eigenvalue weighted by molar-refractivity contribution is 5.98. The van der Waals surface area contributed by atoms with Gasteiger partial charge in [0.25, 0.3) is 11.5 Å². The number of esters is 1. The number of carbonyl (C=O) groups is 3. The molecule has 1 atom stereocenters. The van der Waals surface area contributed by atoms with Crippen LogP contribution < -0.4 is 16.2 Å². The predicted octanol–water partition coefficient (Wildman–Crippen LogP) is 2.67. The molecule has 0 saturated carbocycles. The van der Waals surface area contributed by atoms with Crippen LogP contribution in [0.15, 0.2) is 59.4 Å². The molecule has 0 radical (unpaired) electrons. The molecule has 0 spiro atoms. The molecular formula is C21H19N3O5. The van der Waals surface area contributed by atoms with E-state index in [1.54, 1.807) is 48.5 Å². The average molecular weight is 393 g/mol. The van der Waals surface area contributed by atoms with Crippen molar-refractivity contribution in [2.45, 2.75) is 20.0 Å². The summed E-state index contributed by atoms with van der Waals surface area (Å²) in [6.07, 6.45) is -1.09. The van der Waals surface area contributed by atoms with E-state index in [2.05, 4.69) is 15.6 Å². The number of fused-ring (bicyclic) bond motifs is 1. The number of amides is 2. The zero-order valence-corrected chi connectivity index (χ0v) is 15.8. The van der Waals surface area contributed by atoms with Gasteiger partial charge in [0.2, 0.25) is 5.91 Å². The van der Waals surface area contributed by atoms with Crippen molar-refractivity contribution in [1.29, 1.82) is 0 Å². The molecule has 1 aromatic heterocycles. The summed E-state index contributed by atoms with van der Waals surface area (Å²) in [4.78, 5) is 50.2. The summed E-state index contributed by atoms with van der Waals surface area (Å²) in [6, 6.07) is 14.8. The maximum atomic E-state index is 12.3. The highest BCUT2D eigenvalue weighted by Crippen LogP contribution is 2.15. The zero-order chi connectivity index (χ0) is 21.0. The molecule has 3 rings (SSSR count). The van der Waals surface area contributed by atoms with Crippen LogP contribution in [0.5, 0.6) is 0 Å². The summed E-state index contributed by atoms with van der Waals surface area (Å²) in [5.74, 6) is -1.54. The van der Waals surface area contributed by atoms with Gasteiger partial charge in [-0.1, -0.05) is 18.2 Å². The summed E-state index contributed by atoms with van der Waals surface area (Å²) < 4.78 is 5.17. The standard InChI is InChI=1S/C21H19N3O5/c1-12(19(26)23-16-9-7-15(8-10-16)22-13(2)25)29-21(28)18-11-14-5-3-4-6-17(14)20(27)24-18/h3-12H,1-2H3,(H,22,25)(H,23,26)(H,24,27). The van der Waals surface area contributed by atoms with Crippen LogP contribution in [0, 0.1) is 0 Å². The van der Waals surface area contributed by atoms with Crippen LogP contribution in [0.1, 0.15) is 24.3 Å². The van der Waals surface area contributed by atoms with E-state index >= 15 is 0 Å². The number of aromatic nitrogens is 1. The highest BCUT2D eigenvalue weighted by Gasteiger charge is 2.20. The molecule has 2 amide bonds. The van der Waals surface area contributed by atoms with Crippen molar-refractivity contribution in [3.8, 4) is 0 Å². The third-order valence-electron chi connectivity index (χ3n) is 4.10. The number of carbonyl (C=O) groups excluding carboxylic acids is 3. The first-order chi connectivity index (χ1) is 13.8. The van der Waals surface area contributed by atoms with Gasteiger partial charge >= 0.3 is 5.97 Å². The molecule has 29 heavy (non-hydrogen) atoms. The molecule has 148 valence electrons. The molecule has 0 fully saturated rings. The lowest BCUT2D eigenvalue weighted by molar-refractivity contribution is -0.123. The molecule has 1 unspecified atom stereocenters. The minimum atomic E-state index is -1.09. The van der Waals surface area contributed by atoms with Gasteiger partial charge in [0.15, 0.2) is 6.10 Å². The number of hydrogen-bond donors (Lipinski definition) is 3. The van der Waals surface area contributed by atoms with Crippen LogP contribution >= 0.6 is 0 Å². The monoisotopic (exact) mass is 393 g/mol. The Bertz CT molecular complexity index is 1140. The number of aromatic amines is 1. The Morgan fingerprint density at radius 1 is 0.966 bits per heavy atom. The van der Waals surface area contributed by atoms with E-state index in [0.29, 0.717) is 22.1 Å². The van der Waals surface area contributed by atoms with E-state index in [4.69, 9.17) is 4.74 Å². The summed E-state index contributed by atoms with van der Waals surface area (Å²) in [5, 5.41) is 6.29. The van der Waals surface area contributed by atoms with Gasteiger partial charge in [0.05, 0.1) is 0 Å². The minimum absolute atomic E-state index is 0.0342. The van der Waals surface area contributed by atoms with E-state index in [0.717, 1.165) is 0 Å². The average Bonchev–Trinajstić information content (AvgIpc) is 2.69. The van der Waals surface area contributed by atoms with Gasteiger partial charge in [0, 0.05) is 23.7 Å². The fourth-order valence-electron chi connectivity index (χ4n) is 2.68. The lowest BCUT2D eigenvalue weighted by atomic mass is 10.1. The summed E-state index contributed by atoms with van der Waals surface area (Å²) in [5.41, 5.74) is 0.626. The van der Waals surface area contributed by atoms with E-state index in [1.807, 2.05) is 0 Å². The fraction of sp³-hybridized carbons (Fsp3) is 0.143. The van der Waals surface area contributed by atoms with Crippen LogP contribution in [0.2, 0.25) is 0 Å². The molecule has 8 nitrogen and oxygen atoms in total. The molecule has 0 aliphatic heterocycles. The van der Waals surface area contributed by atoms with Crippen molar-refractivity contribution in [2.24, 2.45) is 0 Å². The van der Waals surface area contributed by atoms with Crippen LogP contribution in [0.25, 0.3) is 10.8 Å². The Balaban J connectivity index is 1.65. The number of ether oxygens (including phenoxy) is 1. The number of hydrogen-bond acceptors (Lipinski definition) is 5. The van der Waals surface area contributed by atoms with Crippen molar-refractivity contribution in [1.82, 2.24) is 4.98 Å². The van der Waals surface area contributed by atoms with Gasteiger partial charge in [-0.2, -0.15) is 0 Å². The topological polar surface area (TPSA) is 117 Å². The summed E-state index contributed by atoms with van der Waals surface area (Å²) in [6.45, 7) is 2.83. The molecule has 0 saturated heterocycles. The second kappa shape index (κ2) is 8.39. The Hall–Kier alpha value is -3.94. The molecule has 3 N–H and O–H groups in total. The van der Waals surface area contributed by atoms with E-state index in [9.17, 15) is 19.2 Å². The smallest absolute Gasteiger partial charge is 0.355 e. The zero-order valence-electron chi connectivity index (χ0n) is 15.8. The second-order valence-corrected chi connectivity index (χ2v) is 6.39. The SMILES string of the molecule is CC(=O)Nc1ccc(NC(=O)C(C)OC(=O)c2cc3ccccc3c(=O)[nH]2)cc1. The van der Waals surface area contributed by atoms with Gasteiger partial charge in [-0.25, -0.2) is 4.79 Å². The Kier molecular flexibility index (Phi) is 5.73. The van der Waals surface area contributed by atoms with Crippen molar-refractivity contribution in [3.05, 3.63) is 70.6 Å². The number of nitrogens with one attached hydrogen (secondary N) is 3. The molecule has 0 aliphatic rings. The second-order valence-electron chi connectivity index (χ2n) is 6.39. The number of pyridine rings is 1. The molecular weight excluding hydrogens is 374 g/mol. The number of H-pyrrole nitrogens is 1. The van der Waals surface area contributed by atoms with E-state index in [-0.39, 0.29) is 11.6 Å². The number of benzene rings is 2. The van der Waals surface area contributed by atoms with E-state index < -0.39 is 23.5 Å². The first-order valence-electron chi connectivity index (χ1n) is 8.85. The van der Waals surface area contributed by atoms with Crippen molar-refractivity contribution >= 4 is 39.9 Å². The van der Waals surface area contributed by atoms with Gasteiger partial charge in [0.1, 0.15) is 5.69 Å². The van der Waals surface area contributed by atoms with Gasteiger partial charge in [-0.3, -0.25) is 14.4 Å². The number of rotatable bonds is 5. The predicted molar refractivity (Wildman–Crippen MR) is 109 cm³/mol. The summed E-state index contributed by atoms with van der Waals surface area (Å²) in [7, 11) is 0. The largest absolute Gasteiger partial charge is 0.448 e. The molecule has 1 heterocycles. The molecule has 3 aromatic rings. The van der Waals surface area contributed by atoms with Crippen molar-refractivity contribution in [2.75, 3.05) is 10.6 Å². The Morgan fingerprint density at radius 2 is 1.59 bits per heavy atom. The molecule has 2 aromatic carbocycles. The van der Waals surface area contributed by atoms with Crippen molar-refractivity contribution in [3.63, 3.8) is 0 Å². The normalized spacial score (nSPS) is 11.5. The van der Waals surface area contributed by atoms with Crippen LogP contribution in [0.3, 0.4) is 0 Å². The van der Waals surface area contributed by atoms with Gasteiger partial charge in [-0.05, 0) is 48.7 Å². The van der Waals surface area contributed by atoms with Crippen LogP contribution in [-0.2, 0) is 14.3 Å². The third-order valence-corrected chi connectivity index (χ3v) is 4.10. The van der Waals surface area contributed by atoms with Crippen molar-refractivity contribution < 1.29 is 19.1 Å². The first-order valence-corrected chi connectivity index (χ1v) is 8.85. The Morgan fingerprint density at radius 3 is 2.24 bits per heavy atom. The third kappa shape index (κ3) is 4.86. The fourth-order valence-corrected chi connectivity index (χ4v) is 2.68. The molecule has 0 aliphatic carbocycles. The quantitative estimate of drug-likeness (QED) is 0.576. The lowest BCUT2D eigenvalue weighted by Gasteiger charge is -2.14. The maximum absolute atomic E-state index is 12.3. The van der Waals surface area contributed by atoms with E-state index in [1.165, 1.54) is 19.9 Å². The maximum Gasteiger partial charge on any atom is 0.355 e. The molecule has 0 bridgehead atoms. The van der Waals surface area contributed by atoms with Gasteiger partial charge < -0.3 is 20.4 Å².